The van der Waals surface area contributed by atoms with Crippen LogP contribution in [0.25, 0.3) is 11.1 Å². The Bertz CT molecular complexity index is 1200. The summed E-state index contributed by atoms with van der Waals surface area (Å²) in [7, 11) is 0. The van der Waals surface area contributed by atoms with Crippen LogP contribution in [0, 0.1) is 10.1 Å². The van der Waals surface area contributed by atoms with Gasteiger partial charge in [0.1, 0.15) is 18.8 Å². The molecule has 0 bridgehead atoms. The Labute approximate surface area is 194 Å². The lowest BCUT2D eigenvalue weighted by Gasteiger charge is -2.19. The SMILES string of the molecule is O=Cc1ccc(C(O)C(O)CNC(=O)OCC2c3ccccc3-c3ccccc32)cc1[N+](=O)[O-]. The van der Waals surface area contributed by atoms with Gasteiger partial charge < -0.3 is 20.3 Å². The Morgan fingerprint density at radius 1 is 1.06 bits per heavy atom. The Morgan fingerprint density at radius 3 is 2.26 bits per heavy atom. The summed E-state index contributed by atoms with van der Waals surface area (Å²) in [5.41, 5.74) is 3.73. The molecular formula is C25H22N2O7. The van der Waals surface area contributed by atoms with E-state index in [2.05, 4.69) is 5.32 Å². The molecule has 9 nitrogen and oxygen atoms in total. The third kappa shape index (κ3) is 4.52. The van der Waals surface area contributed by atoms with E-state index in [1.54, 1.807) is 0 Å². The summed E-state index contributed by atoms with van der Waals surface area (Å²) < 4.78 is 5.39. The largest absolute Gasteiger partial charge is 0.449 e. The van der Waals surface area contributed by atoms with Crippen molar-refractivity contribution in [3.63, 3.8) is 0 Å². The van der Waals surface area contributed by atoms with Crippen molar-refractivity contribution in [3.05, 3.63) is 99.1 Å². The van der Waals surface area contributed by atoms with Crippen LogP contribution in [0.5, 0.6) is 0 Å². The molecule has 1 amide bonds. The first-order valence-electron chi connectivity index (χ1n) is 10.6. The van der Waals surface area contributed by atoms with Gasteiger partial charge in [0.25, 0.3) is 5.69 Å². The van der Waals surface area contributed by atoms with E-state index in [-0.39, 0.29) is 30.2 Å². The number of nitro benzene ring substituents is 1. The molecule has 2 atom stereocenters. The minimum atomic E-state index is -1.52. The monoisotopic (exact) mass is 462 g/mol. The van der Waals surface area contributed by atoms with Crippen molar-refractivity contribution < 1.29 is 29.5 Å². The van der Waals surface area contributed by atoms with Crippen molar-refractivity contribution >= 4 is 18.1 Å². The van der Waals surface area contributed by atoms with Crippen LogP contribution >= 0.6 is 0 Å². The molecule has 3 aromatic carbocycles. The number of carbonyl (C=O) groups excluding carboxylic acids is 2. The number of rotatable bonds is 8. The highest BCUT2D eigenvalue weighted by Crippen LogP contribution is 2.44. The smallest absolute Gasteiger partial charge is 0.407 e. The average Bonchev–Trinajstić information content (AvgIpc) is 3.18. The van der Waals surface area contributed by atoms with E-state index in [0.717, 1.165) is 28.3 Å². The fourth-order valence-corrected chi connectivity index (χ4v) is 4.17. The molecule has 4 rings (SSSR count). The summed E-state index contributed by atoms with van der Waals surface area (Å²) in [5.74, 6) is -0.120. The van der Waals surface area contributed by atoms with Gasteiger partial charge in [0.05, 0.1) is 10.5 Å². The van der Waals surface area contributed by atoms with Crippen molar-refractivity contribution in [2.24, 2.45) is 0 Å². The molecule has 0 fully saturated rings. The Balaban J connectivity index is 1.35. The molecule has 34 heavy (non-hydrogen) atoms. The summed E-state index contributed by atoms with van der Waals surface area (Å²) in [6, 6.07) is 19.3. The Kier molecular flexibility index (Phi) is 6.67. The highest BCUT2D eigenvalue weighted by Gasteiger charge is 2.29. The maximum Gasteiger partial charge on any atom is 0.407 e. The van der Waals surface area contributed by atoms with Crippen molar-refractivity contribution in [3.8, 4) is 11.1 Å². The van der Waals surface area contributed by atoms with Gasteiger partial charge in [-0.2, -0.15) is 0 Å². The number of fused-ring (bicyclic) bond motifs is 3. The van der Waals surface area contributed by atoms with Gasteiger partial charge in [-0.15, -0.1) is 0 Å². The molecule has 1 aliphatic rings. The van der Waals surface area contributed by atoms with Crippen LogP contribution in [0.15, 0.2) is 66.7 Å². The maximum atomic E-state index is 12.3. The fraction of sp³-hybridized carbons (Fsp3) is 0.200. The number of carbonyl (C=O) groups is 2. The highest BCUT2D eigenvalue weighted by atomic mass is 16.6. The minimum Gasteiger partial charge on any atom is -0.449 e. The molecule has 0 aliphatic heterocycles. The summed E-state index contributed by atoms with van der Waals surface area (Å²) >= 11 is 0. The second kappa shape index (κ2) is 9.82. The minimum absolute atomic E-state index is 0.0409. The lowest BCUT2D eigenvalue weighted by Crippen LogP contribution is -2.36. The van der Waals surface area contributed by atoms with Gasteiger partial charge >= 0.3 is 6.09 Å². The van der Waals surface area contributed by atoms with Crippen LogP contribution in [-0.2, 0) is 4.74 Å². The second-order valence-corrected chi connectivity index (χ2v) is 7.91. The van der Waals surface area contributed by atoms with E-state index in [4.69, 9.17) is 4.74 Å². The van der Waals surface area contributed by atoms with Gasteiger partial charge in [-0.25, -0.2) is 4.79 Å². The van der Waals surface area contributed by atoms with Crippen molar-refractivity contribution in [1.82, 2.24) is 5.32 Å². The first kappa shape index (κ1) is 23.1. The number of aliphatic hydroxyl groups is 2. The molecular weight excluding hydrogens is 440 g/mol. The zero-order chi connectivity index (χ0) is 24.2. The topological polar surface area (TPSA) is 139 Å². The maximum absolute atomic E-state index is 12.3. The van der Waals surface area contributed by atoms with Crippen molar-refractivity contribution in [2.75, 3.05) is 13.2 Å². The Hall–Kier alpha value is -4.08. The molecule has 0 saturated carbocycles. The van der Waals surface area contributed by atoms with E-state index in [9.17, 15) is 29.9 Å². The van der Waals surface area contributed by atoms with E-state index in [0.29, 0.717) is 6.29 Å². The van der Waals surface area contributed by atoms with Crippen LogP contribution < -0.4 is 5.32 Å². The van der Waals surface area contributed by atoms with Gasteiger partial charge in [-0.05, 0) is 33.9 Å². The second-order valence-electron chi connectivity index (χ2n) is 7.91. The quantitative estimate of drug-likeness (QED) is 0.265. The number of alkyl carbamates (subject to hydrolysis) is 1. The zero-order valence-corrected chi connectivity index (χ0v) is 18.0. The van der Waals surface area contributed by atoms with Crippen molar-refractivity contribution in [2.45, 2.75) is 18.1 Å². The lowest BCUT2D eigenvalue weighted by atomic mass is 9.98. The molecule has 0 aromatic heterocycles. The summed E-state index contributed by atoms with van der Waals surface area (Å²) in [5, 5.41) is 34.1. The molecule has 3 N–H and O–H groups in total. The Morgan fingerprint density at radius 2 is 1.68 bits per heavy atom. The summed E-state index contributed by atoms with van der Waals surface area (Å²) in [6.07, 6.45) is -3.41. The molecule has 9 heteroatoms. The predicted octanol–water partition coefficient (Wildman–Crippen LogP) is 3.34. The first-order valence-corrected chi connectivity index (χ1v) is 10.6. The highest BCUT2D eigenvalue weighted by molar-refractivity contribution is 5.81. The number of nitro groups is 1. The van der Waals surface area contributed by atoms with Crippen molar-refractivity contribution in [1.29, 1.82) is 0 Å². The lowest BCUT2D eigenvalue weighted by molar-refractivity contribution is -0.385. The summed E-state index contributed by atoms with van der Waals surface area (Å²) in [4.78, 5) is 33.6. The molecule has 0 heterocycles. The molecule has 1 aliphatic carbocycles. The van der Waals surface area contributed by atoms with Gasteiger partial charge in [0.2, 0.25) is 0 Å². The van der Waals surface area contributed by atoms with E-state index in [1.807, 2.05) is 48.5 Å². The number of ether oxygens (including phenoxy) is 1. The van der Waals surface area contributed by atoms with Crippen LogP contribution in [-0.4, -0.2) is 46.8 Å². The van der Waals surface area contributed by atoms with E-state index >= 15 is 0 Å². The van der Waals surface area contributed by atoms with Gasteiger partial charge in [0.15, 0.2) is 6.29 Å². The van der Waals surface area contributed by atoms with Crippen LogP contribution in [0.2, 0.25) is 0 Å². The standard InChI is InChI=1S/C25H22N2O7/c28-13-16-10-9-15(11-22(16)27(32)33)24(30)23(29)12-26-25(31)34-14-21-19-7-3-1-5-17(19)18-6-2-4-8-20(18)21/h1-11,13,21,23-24,29-30H,12,14H2,(H,26,31). The predicted molar refractivity (Wildman–Crippen MR) is 123 cm³/mol. The normalized spacial score (nSPS) is 13.9. The molecule has 174 valence electrons. The fourth-order valence-electron chi connectivity index (χ4n) is 4.17. The molecule has 3 aromatic rings. The van der Waals surface area contributed by atoms with Gasteiger partial charge in [-0.3, -0.25) is 14.9 Å². The van der Waals surface area contributed by atoms with Crippen LogP contribution in [0.4, 0.5) is 10.5 Å². The van der Waals surface area contributed by atoms with E-state index in [1.165, 1.54) is 12.1 Å². The van der Waals surface area contributed by atoms with E-state index < -0.39 is 28.9 Å². The number of hydrogen-bond donors (Lipinski definition) is 3. The van der Waals surface area contributed by atoms with Gasteiger partial charge in [-0.1, -0.05) is 54.6 Å². The first-order chi connectivity index (χ1) is 16.4. The number of aldehydes is 1. The third-order valence-corrected chi connectivity index (χ3v) is 5.88. The van der Waals surface area contributed by atoms with Crippen LogP contribution in [0.1, 0.15) is 39.1 Å². The number of nitrogens with zero attached hydrogens (tertiary/aromatic N) is 1. The molecule has 0 spiro atoms. The number of aliphatic hydroxyl groups excluding tert-OH is 2. The number of benzene rings is 3. The average molecular weight is 462 g/mol. The van der Waals surface area contributed by atoms with Gasteiger partial charge in [0, 0.05) is 18.5 Å². The number of nitrogens with one attached hydrogen (secondary N) is 1. The zero-order valence-electron chi connectivity index (χ0n) is 18.0. The summed E-state index contributed by atoms with van der Waals surface area (Å²) in [6.45, 7) is -0.251. The number of amides is 1. The molecule has 0 saturated heterocycles. The van der Waals surface area contributed by atoms with Crippen LogP contribution in [0.3, 0.4) is 0 Å². The number of hydrogen-bond acceptors (Lipinski definition) is 7. The third-order valence-electron chi connectivity index (χ3n) is 5.88. The molecule has 0 radical (unpaired) electrons. The molecule has 2 unspecified atom stereocenters.